The van der Waals surface area contributed by atoms with Gasteiger partial charge in [0.2, 0.25) is 5.91 Å². The Morgan fingerprint density at radius 1 is 0.920 bits per heavy atom. The number of pyridine rings is 1. The first-order chi connectivity index (χ1) is 24.1. The molecule has 2 aliphatic heterocycles. The van der Waals surface area contributed by atoms with Crippen molar-refractivity contribution in [2.75, 3.05) is 39.4 Å². The van der Waals surface area contributed by atoms with E-state index in [-0.39, 0.29) is 63.5 Å². The Morgan fingerprint density at radius 3 is 2.28 bits per heavy atom. The Hall–Kier alpha value is -5.73. The number of carboxylic acids is 2. The summed E-state index contributed by atoms with van der Waals surface area (Å²) >= 11 is 0. The Balaban J connectivity index is 1.33. The molecule has 0 saturated carbocycles. The molecule has 15 nitrogen and oxygen atoms in total. The zero-order chi connectivity index (χ0) is 35.8. The maximum absolute atomic E-state index is 13.6. The van der Waals surface area contributed by atoms with Crippen LogP contribution in [-0.2, 0) is 23.9 Å². The van der Waals surface area contributed by atoms with Crippen LogP contribution in [0.25, 0.3) is 10.9 Å². The van der Waals surface area contributed by atoms with Gasteiger partial charge in [0.1, 0.15) is 23.5 Å². The van der Waals surface area contributed by atoms with Crippen LogP contribution in [0, 0.1) is 0 Å². The SMILES string of the molecule is CCOC(=O)N1CCN(C(=O)C(CCC(=O)O)NC(=O)c2cc(OCC(=O)N3[C@@H](c4ccccc4)CC[C@H]3C(=O)O)c3ccccc3n2)CC1. The average Bonchev–Trinajstić information content (AvgIpc) is 3.58. The van der Waals surface area contributed by atoms with Gasteiger partial charge >= 0.3 is 18.0 Å². The monoisotopic (exact) mass is 689 g/mol. The van der Waals surface area contributed by atoms with Crippen LogP contribution in [-0.4, -0.2) is 117 Å². The van der Waals surface area contributed by atoms with E-state index >= 15 is 0 Å². The molecule has 3 aromatic rings. The van der Waals surface area contributed by atoms with Crippen molar-refractivity contribution in [2.45, 2.75) is 50.7 Å². The Morgan fingerprint density at radius 2 is 1.60 bits per heavy atom. The first-order valence-corrected chi connectivity index (χ1v) is 16.4. The standard InChI is InChI=1S/C35H39N5O10/c1-2-49-35(48)39-18-16-38(17-19-39)33(45)25(12-15-31(42)43)37-32(44)26-20-29(23-10-6-7-11-24(23)36-26)50-21-30(41)40-27(13-14-28(40)34(46)47)22-8-4-3-5-9-22/h3-11,20,25,27-28H,2,12-19,21H2,1H3,(H,37,44)(H,42,43)(H,46,47)/t25?,27-,28+/m1/s1. The molecule has 2 fully saturated rings. The molecule has 3 heterocycles. The summed E-state index contributed by atoms with van der Waals surface area (Å²) in [7, 11) is 0. The fraction of sp³-hybridized carbons (Fsp3) is 0.400. The van der Waals surface area contributed by atoms with E-state index < -0.39 is 60.5 Å². The van der Waals surface area contributed by atoms with E-state index in [1.165, 1.54) is 20.8 Å². The number of piperazine rings is 1. The summed E-state index contributed by atoms with van der Waals surface area (Å²) in [6.07, 6.45) is -0.314. The molecule has 1 unspecified atom stereocenters. The zero-order valence-electron chi connectivity index (χ0n) is 27.5. The van der Waals surface area contributed by atoms with E-state index in [0.29, 0.717) is 17.3 Å². The molecule has 2 aliphatic rings. The van der Waals surface area contributed by atoms with Crippen LogP contribution in [0.15, 0.2) is 60.7 Å². The minimum atomic E-state index is -1.20. The van der Waals surface area contributed by atoms with E-state index in [4.69, 9.17) is 9.47 Å². The smallest absolute Gasteiger partial charge is 0.409 e. The highest BCUT2D eigenvalue weighted by atomic mass is 16.6. The van der Waals surface area contributed by atoms with Crippen molar-refractivity contribution in [1.29, 1.82) is 0 Å². The molecule has 1 aromatic heterocycles. The molecule has 264 valence electrons. The van der Waals surface area contributed by atoms with E-state index in [1.807, 2.05) is 30.3 Å². The highest BCUT2D eigenvalue weighted by molar-refractivity contribution is 5.99. The number of nitrogens with one attached hydrogen (secondary N) is 1. The third-order valence-electron chi connectivity index (χ3n) is 8.77. The Labute approximate surface area is 287 Å². The van der Waals surface area contributed by atoms with Gasteiger partial charge in [-0.05, 0) is 43.9 Å². The van der Waals surface area contributed by atoms with Gasteiger partial charge in [-0.3, -0.25) is 19.2 Å². The number of rotatable bonds is 12. The summed E-state index contributed by atoms with van der Waals surface area (Å²) in [6, 6.07) is 14.6. The number of carbonyl (C=O) groups excluding carboxylic acids is 4. The molecule has 0 radical (unpaired) electrons. The molecule has 50 heavy (non-hydrogen) atoms. The molecular weight excluding hydrogens is 650 g/mol. The largest absolute Gasteiger partial charge is 0.483 e. The molecule has 2 aromatic carbocycles. The summed E-state index contributed by atoms with van der Waals surface area (Å²) in [5, 5.41) is 22.3. The van der Waals surface area contributed by atoms with Crippen LogP contribution in [0.5, 0.6) is 5.75 Å². The highest BCUT2D eigenvalue weighted by Gasteiger charge is 2.41. The number of carboxylic acid groups (broad SMARTS) is 2. The number of hydrogen-bond acceptors (Lipinski definition) is 9. The van der Waals surface area contributed by atoms with Crippen LogP contribution in [0.2, 0.25) is 0 Å². The van der Waals surface area contributed by atoms with Crippen LogP contribution in [0.3, 0.4) is 0 Å². The summed E-state index contributed by atoms with van der Waals surface area (Å²) in [5.41, 5.74) is 1.03. The minimum Gasteiger partial charge on any atom is -0.483 e. The quantitative estimate of drug-likeness (QED) is 0.253. The number of aliphatic carboxylic acids is 2. The van der Waals surface area contributed by atoms with Gasteiger partial charge in [-0.25, -0.2) is 14.6 Å². The number of benzene rings is 2. The summed E-state index contributed by atoms with van der Waals surface area (Å²) < 4.78 is 11.0. The molecule has 2 saturated heterocycles. The highest BCUT2D eigenvalue weighted by Crippen LogP contribution is 2.36. The topological polar surface area (TPSA) is 196 Å². The Bertz CT molecular complexity index is 1740. The first-order valence-electron chi connectivity index (χ1n) is 16.4. The maximum Gasteiger partial charge on any atom is 0.409 e. The molecule has 3 atom stereocenters. The van der Waals surface area contributed by atoms with Crippen molar-refractivity contribution in [1.82, 2.24) is 25.0 Å². The predicted molar refractivity (Wildman–Crippen MR) is 177 cm³/mol. The second kappa shape index (κ2) is 16.1. The van der Waals surface area contributed by atoms with Crippen LogP contribution >= 0.6 is 0 Å². The number of likely N-dealkylation sites (tertiary alicyclic amines) is 1. The molecule has 0 aliphatic carbocycles. The van der Waals surface area contributed by atoms with Crippen molar-refractivity contribution in [3.63, 3.8) is 0 Å². The fourth-order valence-electron chi connectivity index (χ4n) is 6.30. The summed E-state index contributed by atoms with van der Waals surface area (Å²) in [4.78, 5) is 85.0. The van der Waals surface area contributed by atoms with Gasteiger partial charge in [-0.15, -0.1) is 0 Å². The van der Waals surface area contributed by atoms with Crippen molar-refractivity contribution >= 4 is 46.7 Å². The molecule has 15 heteroatoms. The number of hydrogen-bond donors (Lipinski definition) is 3. The van der Waals surface area contributed by atoms with Crippen LogP contribution in [0.1, 0.15) is 54.7 Å². The lowest BCUT2D eigenvalue weighted by molar-refractivity contribution is -0.150. The predicted octanol–water partition coefficient (Wildman–Crippen LogP) is 2.69. The lowest BCUT2D eigenvalue weighted by atomic mass is 10.0. The van der Waals surface area contributed by atoms with E-state index in [2.05, 4.69) is 10.3 Å². The van der Waals surface area contributed by atoms with Gasteiger partial charge in [0.05, 0.1) is 18.2 Å². The molecule has 3 N–H and O–H groups in total. The average molecular weight is 690 g/mol. The fourth-order valence-corrected chi connectivity index (χ4v) is 6.30. The number of nitrogens with zero attached hydrogens (tertiary/aromatic N) is 4. The molecule has 5 rings (SSSR count). The van der Waals surface area contributed by atoms with Crippen molar-refractivity contribution in [3.8, 4) is 5.75 Å². The lowest BCUT2D eigenvalue weighted by Gasteiger charge is -2.35. The van der Waals surface area contributed by atoms with Crippen molar-refractivity contribution < 1.29 is 48.5 Å². The number of carbonyl (C=O) groups is 6. The van der Waals surface area contributed by atoms with E-state index in [1.54, 1.807) is 31.2 Å². The number of para-hydroxylation sites is 1. The zero-order valence-corrected chi connectivity index (χ0v) is 27.5. The van der Waals surface area contributed by atoms with Crippen LogP contribution in [0.4, 0.5) is 4.79 Å². The third kappa shape index (κ3) is 8.28. The van der Waals surface area contributed by atoms with Gasteiger partial charge in [-0.2, -0.15) is 0 Å². The van der Waals surface area contributed by atoms with Crippen molar-refractivity contribution in [2.24, 2.45) is 0 Å². The van der Waals surface area contributed by atoms with Gasteiger partial charge < -0.3 is 39.7 Å². The Kier molecular flexibility index (Phi) is 11.5. The van der Waals surface area contributed by atoms with Gasteiger partial charge in [-0.1, -0.05) is 42.5 Å². The lowest BCUT2D eigenvalue weighted by Crippen LogP contribution is -2.56. The maximum atomic E-state index is 13.6. The first kappa shape index (κ1) is 35.6. The molecule has 0 bridgehead atoms. The molecule has 4 amide bonds. The normalized spacial score (nSPS) is 18.0. The van der Waals surface area contributed by atoms with Gasteiger partial charge in [0.25, 0.3) is 11.8 Å². The molecular formula is C35H39N5O10. The minimum absolute atomic E-state index is 0.139. The summed E-state index contributed by atoms with van der Waals surface area (Å²) in [6.45, 7) is 2.16. The van der Waals surface area contributed by atoms with Crippen LogP contribution < -0.4 is 10.1 Å². The third-order valence-corrected chi connectivity index (χ3v) is 8.77. The van der Waals surface area contributed by atoms with E-state index in [9.17, 15) is 39.0 Å². The number of aromatic nitrogens is 1. The number of amides is 4. The second-order valence-electron chi connectivity index (χ2n) is 11.9. The number of fused-ring (bicyclic) bond motifs is 1. The summed E-state index contributed by atoms with van der Waals surface area (Å²) in [5.74, 6) is -3.94. The van der Waals surface area contributed by atoms with E-state index in [0.717, 1.165) is 5.56 Å². The second-order valence-corrected chi connectivity index (χ2v) is 11.9. The molecule has 0 spiro atoms. The van der Waals surface area contributed by atoms with Crippen molar-refractivity contribution in [3.05, 3.63) is 71.9 Å². The van der Waals surface area contributed by atoms with Gasteiger partial charge in [0.15, 0.2) is 6.61 Å². The number of ether oxygens (including phenoxy) is 2. The van der Waals surface area contributed by atoms with Gasteiger partial charge in [0, 0.05) is 44.1 Å².